The Morgan fingerprint density at radius 1 is 1.04 bits per heavy atom. The van der Waals surface area contributed by atoms with E-state index < -0.39 is 0 Å². The van der Waals surface area contributed by atoms with E-state index in [0.717, 1.165) is 18.4 Å². The SMILES string of the molecule is O=C(Cc1ccc(NC(=O)c2ccc(Br)o2)cc1)NC1CCCCC1. The van der Waals surface area contributed by atoms with Crippen molar-refractivity contribution >= 4 is 33.4 Å². The van der Waals surface area contributed by atoms with Gasteiger partial charge in [-0.2, -0.15) is 0 Å². The van der Waals surface area contributed by atoms with Crippen LogP contribution in [-0.2, 0) is 11.2 Å². The fourth-order valence-electron chi connectivity index (χ4n) is 3.05. The highest BCUT2D eigenvalue weighted by atomic mass is 79.9. The first-order valence-electron chi connectivity index (χ1n) is 8.55. The van der Waals surface area contributed by atoms with E-state index in [1.165, 1.54) is 19.3 Å². The van der Waals surface area contributed by atoms with Crippen LogP contribution in [0.3, 0.4) is 0 Å². The lowest BCUT2D eigenvalue weighted by molar-refractivity contribution is -0.121. The summed E-state index contributed by atoms with van der Waals surface area (Å²) in [6.07, 6.45) is 6.20. The summed E-state index contributed by atoms with van der Waals surface area (Å²) in [6, 6.07) is 10.9. The number of furan rings is 1. The summed E-state index contributed by atoms with van der Waals surface area (Å²) < 4.78 is 5.73. The van der Waals surface area contributed by atoms with Crippen molar-refractivity contribution in [3.05, 3.63) is 52.4 Å². The lowest BCUT2D eigenvalue weighted by atomic mass is 9.95. The first kappa shape index (κ1) is 17.7. The second-order valence-corrected chi connectivity index (χ2v) is 7.12. The molecule has 0 saturated heterocycles. The lowest BCUT2D eigenvalue weighted by Crippen LogP contribution is -2.37. The minimum atomic E-state index is -0.312. The Morgan fingerprint density at radius 3 is 2.40 bits per heavy atom. The van der Waals surface area contributed by atoms with Crippen LogP contribution in [0.15, 0.2) is 45.5 Å². The maximum atomic E-state index is 12.1. The monoisotopic (exact) mass is 404 g/mol. The maximum absolute atomic E-state index is 12.1. The van der Waals surface area contributed by atoms with Crippen LogP contribution in [0.2, 0.25) is 0 Å². The van der Waals surface area contributed by atoms with Gasteiger partial charge in [-0.05, 0) is 58.6 Å². The van der Waals surface area contributed by atoms with Crippen molar-refractivity contribution < 1.29 is 14.0 Å². The van der Waals surface area contributed by atoms with Gasteiger partial charge in [-0.1, -0.05) is 31.4 Å². The van der Waals surface area contributed by atoms with Crippen LogP contribution < -0.4 is 10.6 Å². The van der Waals surface area contributed by atoms with Crippen LogP contribution in [-0.4, -0.2) is 17.9 Å². The largest absolute Gasteiger partial charge is 0.444 e. The number of hydrogen-bond donors (Lipinski definition) is 2. The number of benzene rings is 1. The van der Waals surface area contributed by atoms with Crippen molar-refractivity contribution in [1.29, 1.82) is 0 Å². The van der Waals surface area contributed by atoms with E-state index in [4.69, 9.17) is 4.42 Å². The van der Waals surface area contributed by atoms with Gasteiger partial charge in [-0.25, -0.2) is 0 Å². The number of halogens is 1. The Kier molecular flexibility index (Phi) is 5.91. The van der Waals surface area contributed by atoms with Gasteiger partial charge in [0, 0.05) is 11.7 Å². The third kappa shape index (κ3) is 5.19. The molecule has 1 heterocycles. The summed E-state index contributed by atoms with van der Waals surface area (Å²) in [6.45, 7) is 0. The van der Waals surface area contributed by atoms with Gasteiger partial charge < -0.3 is 15.1 Å². The van der Waals surface area contributed by atoms with E-state index in [-0.39, 0.29) is 17.6 Å². The van der Waals surface area contributed by atoms with Gasteiger partial charge >= 0.3 is 0 Å². The number of rotatable bonds is 5. The zero-order chi connectivity index (χ0) is 17.6. The second-order valence-electron chi connectivity index (χ2n) is 6.33. The molecule has 2 N–H and O–H groups in total. The molecular formula is C19H21BrN2O3. The molecule has 0 spiro atoms. The standard InChI is InChI=1S/C19H21BrN2O3/c20-17-11-10-16(25-17)19(24)22-15-8-6-13(7-9-15)12-18(23)21-14-4-2-1-3-5-14/h6-11,14H,1-5,12H2,(H,21,23)(H,22,24). The third-order valence-corrected chi connectivity index (χ3v) is 4.77. The molecule has 0 unspecified atom stereocenters. The molecule has 132 valence electrons. The first-order valence-corrected chi connectivity index (χ1v) is 9.34. The van der Waals surface area contributed by atoms with Gasteiger partial charge in [0.2, 0.25) is 5.91 Å². The number of carbonyl (C=O) groups excluding carboxylic acids is 2. The molecule has 1 aromatic heterocycles. The molecule has 0 atom stereocenters. The van der Waals surface area contributed by atoms with Crippen molar-refractivity contribution in [1.82, 2.24) is 5.32 Å². The molecule has 2 amide bonds. The summed E-state index contributed by atoms with van der Waals surface area (Å²) >= 11 is 3.17. The zero-order valence-corrected chi connectivity index (χ0v) is 15.5. The molecule has 1 saturated carbocycles. The van der Waals surface area contributed by atoms with Crippen molar-refractivity contribution in [2.24, 2.45) is 0 Å². The Bertz CT molecular complexity index is 733. The number of hydrogen-bond acceptors (Lipinski definition) is 3. The molecule has 0 aliphatic heterocycles. The highest BCUT2D eigenvalue weighted by Crippen LogP contribution is 2.18. The second kappa shape index (κ2) is 8.34. The van der Waals surface area contributed by atoms with Crippen LogP contribution in [0.5, 0.6) is 0 Å². The van der Waals surface area contributed by atoms with E-state index in [9.17, 15) is 9.59 Å². The van der Waals surface area contributed by atoms with Crippen LogP contribution in [0, 0.1) is 0 Å². The van der Waals surface area contributed by atoms with Crippen molar-refractivity contribution in [3.63, 3.8) is 0 Å². The Hall–Kier alpha value is -2.08. The number of carbonyl (C=O) groups is 2. The van der Waals surface area contributed by atoms with Gasteiger partial charge in [0.1, 0.15) is 0 Å². The fourth-order valence-corrected chi connectivity index (χ4v) is 3.35. The van der Waals surface area contributed by atoms with E-state index in [0.29, 0.717) is 22.8 Å². The Labute approximate surface area is 155 Å². The predicted molar refractivity (Wildman–Crippen MR) is 99.5 cm³/mol. The van der Waals surface area contributed by atoms with Crippen LogP contribution >= 0.6 is 15.9 Å². The van der Waals surface area contributed by atoms with Crippen LogP contribution in [0.4, 0.5) is 5.69 Å². The van der Waals surface area contributed by atoms with Crippen LogP contribution in [0.25, 0.3) is 0 Å². The summed E-state index contributed by atoms with van der Waals surface area (Å²) in [5, 5.41) is 5.88. The number of amides is 2. The molecule has 0 radical (unpaired) electrons. The lowest BCUT2D eigenvalue weighted by Gasteiger charge is -2.22. The molecule has 0 bridgehead atoms. The van der Waals surface area contributed by atoms with Gasteiger partial charge in [0.25, 0.3) is 5.91 Å². The molecule has 1 aliphatic rings. The van der Waals surface area contributed by atoms with E-state index in [2.05, 4.69) is 26.6 Å². The summed E-state index contributed by atoms with van der Waals surface area (Å²) in [7, 11) is 0. The average molecular weight is 405 g/mol. The molecule has 5 nitrogen and oxygen atoms in total. The number of nitrogens with one attached hydrogen (secondary N) is 2. The first-order chi connectivity index (χ1) is 12.1. The Balaban J connectivity index is 1.51. The topological polar surface area (TPSA) is 71.3 Å². The molecule has 1 fully saturated rings. The molecular weight excluding hydrogens is 384 g/mol. The minimum absolute atomic E-state index is 0.0594. The van der Waals surface area contributed by atoms with E-state index >= 15 is 0 Å². The van der Waals surface area contributed by atoms with E-state index in [1.54, 1.807) is 24.3 Å². The Morgan fingerprint density at radius 2 is 1.76 bits per heavy atom. The van der Waals surface area contributed by atoms with Gasteiger partial charge in [-0.3, -0.25) is 9.59 Å². The normalized spacial score (nSPS) is 14.9. The number of anilines is 1. The highest BCUT2D eigenvalue weighted by molar-refractivity contribution is 9.10. The molecule has 25 heavy (non-hydrogen) atoms. The summed E-state index contributed by atoms with van der Waals surface area (Å²) in [5.74, 6) is -0.0135. The van der Waals surface area contributed by atoms with Gasteiger partial charge in [0.15, 0.2) is 10.4 Å². The minimum Gasteiger partial charge on any atom is -0.444 e. The van der Waals surface area contributed by atoms with Crippen molar-refractivity contribution in [2.75, 3.05) is 5.32 Å². The quantitative estimate of drug-likeness (QED) is 0.780. The highest BCUT2D eigenvalue weighted by Gasteiger charge is 2.16. The molecule has 3 rings (SSSR count). The zero-order valence-electron chi connectivity index (χ0n) is 13.9. The van der Waals surface area contributed by atoms with Crippen molar-refractivity contribution in [2.45, 2.75) is 44.6 Å². The molecule has 1 aromatic carbocycles. The fraction of sp³-hybridized carbons (Fsp3) is 0.368. The third-order valence-electron chi connectivity index (χ3n) is 4.34. The van der Waals surface area contributed by atoms with E-state index in [1.807, 2.05) is 12.1 Å². The van der Waals surface area contributed by atoms with Crippen molar-refractivity contribution in [3.8, 4) is 0 Å². The van der Waals surface area contributed by atoms with Gasteiger partial charge in [-0.15, -0.1) is 0 Å². The van der Waals surface area contributed by atoms with Gasteiger partial charge in [0.05, 0.1) is 6.42 Å². The molecule has 1 aliphatic carbocycles. The predicted octanol–water partition coefficient (Wildman–Crippen LogP) is 4.29. The smallest absolute Gasteiger partial charge is 0.291 e. The molecule has 2 aromatic rings. The van der Waals surface area contributed by atoms with Crippen LogP contribution in [0.1, 0.15) is 48.2 Å². The summed E-state index contributed by atoms with van der Waals surface area (Å²) in [4.78, 5) is 24.2. The maximum Gasteiger partial charge on any atom is 0.291 e. The summed E-state index contributed by atoms with van der Waals surface area (Å²) in [5.41, 5.74) is 1.58. The average Bonchev–Trinajstić information content (AvgIpc) is 3.04. The molecule has 6 heteroatoms.